The van der Waals surface area contributed by atoms with Crippen molar-refractivity contribution in [1.29, 1.82) is 0 Å². The second kappa shape index (κ2) is 5.51. The molecule has 0 amide bonds. The van der Waals surface area contributed by atoms with Gasteiger partial charge in [-0.3, -0.25) is 5.43 Å². The van der Waals surface area contributed by atoms with Crippen LogP contribution in [0.3, 0.4) is 0 Å². The average molecular weight is 245 g/mol. The molecule has 17 heavy (non-hydrogen) atoms. The number of benzene rings is 2. The summed E-state index contributed by atoms with van der Waals surface area (Å²) >= 11 is 5.80. The highest BCUT2D eigenvalue weighted by molar-refractivity contribution is 6.30. The van der Waals surface area contributed by atoms with E-state index in [1.165, 1.54) is 5.56 Å². The second-order valence-corrected chi connectivity index (χ2v) is 4.23. The Balaban J connectivity index is 2.00. The fourth-order valence-electron chi connectivity index (χ4n) is 1.44. The van der Waals surface area contributed by atoms with Gasteiger partial charge in [-0.2, -0.15) is 5.10 Å². The number of halogens is 1. The van der Waals surface area contributed by atoms with Crippen LogP contribution in [0.15, 0.2) is 53.6 Å². The summed E-state index contributed by atoms with van der Waals surface area (Å²) in [6, 6.07) is 15.6. The van der Waals surface area contributed by atoms with Crippen molar-refractivity contribution in [2.75, 3.05) is 5.43 Å². The summed E-state index contributed by atoms with van der Waals surface area (Å²) in [6.07, 6.45) is 1.76. The Labute approximate surface area is 106 Å². The Hall–Kier alpha value is -1.80. The molecule has 0 saturated carbocycles. The maximum atomic E-state index is 5.80. The third-order valence-electron chi connectivity index (χ3n) is 2.30. The predicted octanol–water partition coefficient (Wildman–Crippen LogP) is 4.09. The lowest BCUT2D eigenvalue weighted by molar-refractivity contribution is 1.33. The number of hydrogen-bond donors (Lipinski definition) is 1. The van der Waals surface area contributed by atoms with E-state index in [1.807, 2.05) is 55.5 Å². The van der Waals surface area contributed by atoms with Crippen molar-refractivity contribution in [3.8, 4) is 0 Å². The molecule has 0 unspecified atom stereocenters. The molecule has 0 saturated heterocycles. The lowest BCUT2D eigenvalue weighted by atomic mass is 10.2. The molecule has 2 aromatic rings. The van der Waals surface area contributed by atoms with E-state index in [-0.39, 0.29) is 0 Å². The standard InChI is InChI=1S/C14H13ClN2/c1-11-3-2-4-14(9-11)17-16-10-12-5-7-13(15)8-6-12/h2-10,17H,1H3/b16-10-. The molecule has 86 valence electrons. The quantitative estimate of drug-likeness (QED) is 0.638. The van der Waals surface area contributed by atoms with Crippen LogP contribution < -0.4 is 5.43 Å². The van der Waals surface area contributed by atoms with E-state index in [1.54, 1.807) is 6.21 Å². The van der Waals surface area contributed by atoms with Gasteiger partial charge in [0.2, 0.25) is 0 Å². The summed E-state index contributed by atoms with van der Waals surface area (Å²) < 4.78 is 0. The first-order chi connectivity index (χ1) is 8.24. The molecule has 0 radical (unpaired) electrons. The van der Waals surface area contributed by atoms with Crippen molar-refractivity contribution < 1.29 is 0 Å². The van der Waals surface area contributed by atoms with Gasteiger partial charge in [-0.25, -0.2) is 0 Å². The van der Waals surface area contributed by atoms with Crippen molar-refractivity contribution in [1.82, 2.24) is 0 Å². The third kappa shape index (κ3) is 3.61. The van der Waals surface area contributed by atoms with Crippen molar-refractivity contribution in [3.63, 3.8) is 0 Å². The lowest BCUT2D eigenvalue weighted by Gasteiger charge is -2.00. The normalized spacial score (nSPS) is 10.7. The van der Waals surface area contributed by atoms with Gasteiger partial charge in [0.1, 0.15) is 0 Å². The molecule has 2 rings (SSSR count). The minimum atomic E-state index is 0.730. The van der Waals surface area contributed by atoms with Crippen LogP contribution in [-0.4, -0.2) is 6.21 Å². The van der Waals surface area contributed by atoms with Crippen LogP contribution in [0.4, 0.5) is 5.69 Å². The summed E-state index contributed by atoms with van der Waals surface area (Å²) in [7, 11) is 0. The van der Waals surface area contributed by atoms with Crippen molar-refractivity contribution in [2.24, 2.45) is 5.10 Å². The molecule has 0 heterocycles. The molecule has 0 bridgehead atoms. The van der Waals surface area contributed by atoms with Crippen molar-refractivity contribution in [3.05, 3.63) is 64.7 Å². The molecule has 0 fully saturated rings. The van der Waals surface area contributed by atoms with E-state index in [9.17, 15) is 0 Å². The van der Waals surface area contributed by atoms with Crippen LogP contribution in [0.25, 0.3) is 0 Å². The Morgan fingerprint density at radius 1 is 1.12 bits per heavy atom. The van der Waals surface area contributed by atoms with Gasteiger partial charge in [0.05, 0.1) is 11.9 Å². The molecular formula is C14H13ClN2. The van der Waals surface area contributed by atoms with Crippen LogP contribution in [0.2, 0.25) is 5.02 Å². The molecule has 0 aliphatic rings. The van der Waals surface area contributed by atoms with Gasteiger partial charge in [-0.1, -0.05) is 35.9 Å². The van der Waals surface area contributed by atoms with Gasteiger partial charge in [0.15, 0.2) is 0 Å². The molecule has 0 spiro atoms. The van der Waals surface area contributed by atoms with E-state index in [4.69, 9.17) is 11.6 Å². The smallest absolute Gasteiger partial charge is 0.0564 e. The zero-order valence-corrected chi connectivity index (χ0v) is 10.3. The number of hydrazone groups is 1. The summed E-state index contributed by atoms with van der Waals surface area (Å²) in [5, 5.41) is 4.89. The summed E-state index contributed by atoms with van der Waals surface area (Å²) in [5.74, 6) is 0. The van der Waals surface area contributed by atoms with Gasteiger partial charge in [-0.15, -0.1) is 0 Å². The number of anilines is 1. The minimum Gasteiger partial charge on any atom is -0.278 e. The van der Waals surface area contributed by atoms with Gasteiger partial charge in [0.25, 0.3) is 0 Å². The molecule has 0 atom stereocenters. The monoisotopic (exact) mass is 244 g/mol. The Morgan fingerprint density at radius 2 is 1.88 bits per heavy atom. The highest BCUT2D eigenvalue weighted by atomic mass is 35.5. The van der Waals surface area contributed by atoms with E-state index in [0.29, 0.717) is 0 Å². The van der Waals surface area contributed by atoms with E-state index >= 15 is 0 Å². The first kappa shape index (κ1) is 11.7. The molecular weight excluding hydrogens is 232 g/mol. The van der Waals surface area contributed by atoms with Gasteiger partial charge in [-0.05, 0) is 42.3 Å². The van der Waals surface area contributed by atoms with Crippen LogP contribution in [0, 0.1) is 6.92 Å². The molecule has 2 nitrogen and oxygen atoms in total. The zero-order valence-electron chi connectivity index (χ0n) is 9.52. The fraction of sp³-hybridized carbons (Fsp3) is 0.0714. The first-order valence-electron chi connectivity index (χ1n) is 5.35. The van der Waals surface area contributed by atoms with Gasteiger partial charge >= 0.3 is 0 Å². The van der Waals surface area contributed by atoms with E-state index in [0.717, 1.165) is 16.3 Å². The SMILES string of the molecule is Cc1cccc(N/N=C\c2ccc(Cl)cc2)c1. The highest BCUT2D eigenvalue weighted by Gasteiger charge is 1.90. The Bertz CT molecular complexity index is 518. The summed E-state index contributed by atoms with van der Waals surface area (Å²) in [5.41, 5.74) is 6.18. The van der Waals surface area contributed by atoms with Crippen LogP contribution in [-0.2, 0) is 0 Å². The fourth-order valence-corrected chi connectivity index (χ4v) is 1.57. The predicted molar refractivity (Wildman–Crippen MR) is 73.8 cm³/mol. The van der Waals surface area contributed by atoms with Crippen LogP contribution in [0.1, 0.15) is 11.1 Å². The number of hydrogen-bond acceptors (Lipinski definition) is 2. The molecule has 2 aromatic carbocycles. The number of nitrogens with zero attached hydrogens (tertiary/aromatic N) is 1. The maximum absolute atomic E-state index is 5.80. The topological polar surface area (TPSA) is 24.4 Å². The van der Waals surface area contributed by atoms with Crippen molar-refractivity contribution in [2.45, 2.75) is 6.92 Å². The maximum Gasteiger partial charge on any atom is 0.0564 e. The molecule has 0 aliphatic carbocycles. The summed E-state index contributed by atoms with van der Waals surface area (Å²) in [4.78, 5) is 0. The second-order valence-electron chi connectivity index (χ2n) is 3.79. The number of aryl methyl sites for hydroxylation is 1. The number of nitrogens with one attached hydrogen (secondary N) is 1. The molecule has 0 aliphatic heterocycles. The number of rotatable bonds is 3. The molecule has 0 aromatic heterocycles. The molecule has 3 heteroatoms. The van der Waals surface area contributed by atoms with Crippen molar-refractivity contribution >= 4 is 23.5 Å². The minimum absolute atomic E-state index is 0.730. The van der Waals surface area contributed by atoms with Gasteiger partial charge < -0.3 is 0 Å². The highest BCUT2D eigenvalue weighted by Crippen LogP contribution is 2.10. The van der Waals surface area contributed by atoms with Crippen LogP contribution in [0.5, 0.6) is 0 Å². The Kier molecular flexibility index (Phi) is 3.78. The van der Waals surface area contributed by atoms with E-state index in [2.05, 4.69) is 10.5 Å². The largest absolute Gasteiger partial charge is 0.278 e. The van der Waals surface area contributed by atoms with Gasteiger partial charge in [0, 0.05) is 5.02 Å². The van der Waals surface area contributed by atoms with E-state index < -0.39 is 0 Å². The Morgan fingerprint density at radius 3 is 2.59 bits per heavy atom. The molecule has 1 N–H and O–H groups in total. The summed E-state index contributed by atoms with van der Waals surface area (Å²) in [6.45, 7) is 2.05. The first-order valence-corrected chi connectivity index (χ1v) is 5.73. The lowest BCUT2D eigenvalue weighted by Crippen LogP contribution is -1.90. The average Bonchev–Trinajstić information content (AvgIpc) is 2.32. The van der Waals surface area contributed by atoms with Crippen LogP contribution >= 0.6 is 11.6 Å². The third-order valence-corrected chi connectivity index (χ3v) is 2.55. The zero-order chi connectivity index (χ0) is 12.1.